The van der Waals surface area contributed by atoms with Crippen LogP contribution in [0, 0.1) is 0 Å². The van der Waals surface area contributed by atoms with Gasteiger partial charge in [-0.1, -0.05) is 0 Å². The summed E-state index contributed by atoms with van der Waals surface area (Å²) in [6, 6.07) is 3.40. The highest BCUT2D eigenvalue weighted by Crippen LogP contribution is 2.56. The first-order valence-electron chi connectivity index (χ1n) is 9.56. The molecule has 2 aromatic carbocycles. The van der Waals surface area contributed by atoms with Crippen molar-refractivity contribution in [2.45, 2.75) is 37.9 Å². The van der Waals surface area contributed by atoms with Crippen LogP contribution in [0.25, 0.3) is 11.1 Å². The Morgan fingerprint density at radius 3 is 1.97 bits per heavy atom. The number of ether oxygens (including phenoxy) is 5. The smallest absolute Gasteiger partial charge is 0.231 e. The van der Waals surface area contributed by atoms with Crippen LogP contribution in [0.15, 0.2) is 12.1 Å². The number of aromatic hydroxyl groups is 1. The summed E-state index contributed by atoms with van der Waals surface area (Å²) in [7, 11) is 4.39. The number of fused-ring (bicyclic) bond motifs is 4. The van der Waals surface area contributed by atoms with Crippen LogP contribution in [0.5, 0.6) is 34.5 Å². The summed E-state index contributed by atoms with van der Waals surface area (Å²) in [5.41, 5.74) is -0.554. The second-order valence-electron chi connectivity index (χ2n) is 8.07. The van der Waals surface area contributed by atoms with Crippen LogP contribution < -0.4 is 23.7 Å². The number of aliphatic hydroxyl groups is 2. The summed E-state index contributed by atoms with van der Waals surface area (Å²) >= 11 is 0. The SMILES string of the molecule is COc1cc2c(c(OC)c1O)-c1c(cc3c(c1OC)OCO3)C[C@](C)(O)[C@](C)(O)C2. The first kappa shape index (κ1) is 20.4. The first-order chi connectivity index (χ1) is 14.1. The van der Waals surface area contributed by atoms with E-state index in [1.165, 1.54) is 21.3 Å². The molecule has 2 aromatic rings. The minimum atomic E-state index is -1.49. The lowest BCUT2D eigenvalue weighted by Crippen LogP contribution is -2.53. The molecular weight excluding hydrogens is 392 g/mol. The third-order valence-corrected chi connectivity index (χ3v) is 6.11. The van der Waals surface area contributed by atoms with Crippen LogP contribution in [-0.4, -0.2) is 54.6 Å². The predicted molar refractivity (Wildman–Crippen MR) is 108 cm³/mol. The number of hydrogen-bond donors (Lipinski definition) is 3. The molecule has 0 bridgehead atoms. The molecule has 8 heteroatoms. The van der Waals surface area contributed by atoms with Gasteiger partial charge in [0.1, 0.15) is 0 Å². The maximum atomic E-state index is 11.2. The molecule has 30 heavy (non-hydrogen) atoms. The Hall–Kier alpha value is -2.84. The lowest BCUT2D eigenvalue weighted by Gasteiger charge is -2.41. The maximum Gasteiger partial charge on any atom is 0.231 e. The third kappa shape index (κ3) is 2.82. The van der Waals surface area contributed by atoms with Crippen LogP contribution in [-0.2, 0) is 12.8 Å². The normalized spacial score (nSPS) is 24.4. The highest BCUT2D eigenvalue weighted by atomic mass is 16.7. The second-order valence-corrected chi connectivity index (χ2v) is 8.07. The summed E-state index contributed by atoms with van der Waals surface area (Å²) in [6.45, 7) is 3.21. The lowest BCUT2D eigenvalue weighted by molar-refractivity contribution is -0.129. The van der Waals surface area contributed by atoms with E-state index in [0.717, 1.165) is 0 Å². The molecule has 1 heterocycles. The molecule has 1 aliphatic carbocycles. The first-order valence-corrected chi connectivity index (χ1v) is 9.56. The molecule has 0 unspecified atom stereocenters. The van der Waals surface area contributed by atoms with Crippen molar-refractivity contribution in [3.05, 3.63) is 23.3 Å². The maximum absolute atomic E-state index is 11.2. The third-order valence-electron chi connectivity index (χ3n) is 6.11. The van der Waals surface area contributed by atoms with E-state index in [1.54, 1.807) is 26.0 Å². The molecular formula is C22H26O8. The quantitative estimate of drug-likeness (QED) is 0.698. The van der Waals surface area contributed by atoms with Crippen molar-refractivity contribution in [3.63, 3.8) is 0 Å². The van der Waals surface area contributed by atoms with Gasteiger partial charge in [-0.2, -0.15) is 0 Å². The summed E-state index contributed by atoms with van der Waals surface area (Å²) in [4.78, 5) is 0. The molecule has 0 amide bonds. The molecule has 0 spiro atoms. The molecule has 1 aliphatic heterocycles. The van der Waals surface area contributed by atoms with E-state index in [1.807, 2.05) is 0 Å². The van der Waals surface area contributed by atoms with E-state index in [4.69, 9.17) is 23.7 Å². The van der Waals surface area contributed by atoms with Crippen LogP contribution in [0.1, 0.15) is 25.0 Å². The van der Waals surface area contributed by atoms with Crippen molar-refractivity contribution in [1.29, 1.82) is 0 Å². The highest BCUT2D eigenvalue weighted by Gasteiger charge is 2.46. The van der Waals surface area contributed by atoms with Gasteiger partial charge in [0.15, 0.2) is 23.0 Å². The fourth-order valence-electron chi connectivity index (χ4n) is 4.24. The zero-order valence-corrected chi connectivity index (χ0v) is 17.7. The summed E-state index contributed by atoms with van der Waals surface area (Å²) in [5, 5.41) is 33.2. The molecule has 2 atom stereocenters. The molecule has 4 rings (SSSR count). The second kappa shape index (κ2) is 6.85. The average Bonchev–Trinajstić information content (AvgIpc) is 3.14. The van der Waals surface area contributed by atoms with Crippen molar-refractivity contribution in [3.8, 4) is 45.6 Å². The minimum Gasteiger partial charge on any atom is -0.502 e. The fraction of sp³-hybridized carbons (Fsp3) is 0.455. The largest absolute Gasteiger partial charge is 0.502 e. The Bertz CT molecular complexity index is 1000. The standard InChI is InChI=1S/C22H26O8/c1-21(24)8-11-6-13(26-3)17(23)19(27-4)15(11)16-12(9-22(21,2)25)7-14-18(20(16)28-5)30-10-29-14/h6-7,23-25H,8-10H2,1-5H3/t21-,22+/m1/s1. The molecule has 2 aliphatic rings. The molecule has 0 radical (unpaired) electrons. The molecule has 0 saturated carbocycles. The molecule has 0 saturated heterocycles. The Labute approximate surface area is 174 Å². The Balaban J connectivity index is 2.16. The number of benzene rings is 2. The lowest BCUT2D eigenvalue weighted by atomic mass is 9.72. The van der Waals surface area contributed by atoms with Crippen molar-refractivity contribution in [1.82, 2.24) is 0 Å². The summed E-state index contributed by atoms with van der Waals surface area (Å²) in [5.74, 6) is 1.53. The van der Waals surface area contributed by atoms with Gasteiger partial charge in [0.2, 0.25) is 18.3 Å². The molecule has 0 aromatic heterocycles. The van der Waals surface area contributed by atoms with E-state index in [0.29, 0.717) is 39.5 Å². The topological polar surface area (TPSA) is 107 Å². The van der Waals surface area contributed by atoms with E-state index in [9.17, 15) is 15.3 Å². The monoisotopic (exact) mass is 418 g/mol. The van der Waals surface area contributed by atoms with Gasteiger partial charge in [-0.05, 0) is 37.1 Å². The zero-order chi connectivity index (χ0) is 21.8. The Morgan fingerprint density at radius 2 is 1.40 bits per heavy atom. The van der Waals surface area contributed by atoms with Gasteiger partial charge >= 0.3 is 0 Å². The molecule has 162 valence electrons. The predicted octanol–water partition coefficient (Wildman–Crippen LogP) is 2.41. The van der Waals surface area contributed by atoms with Crippen LogP contribution in [0.2, 0.25) is 0 Å². The fourth-order valence-corrected chi connectivity index (χ4v) is 4.24. The number of rotatable bonds is 3. The zero-order valence-electron chi connectivity index (χ0n) is 17.7. The Kier molecular flexibility index (Phi) is 4.67. The van der Waals surface area contributed by atoms with E-state index in [-0.39, 0.29) is 36.9 Å². The number of phenolic OH excluding ortho intramolecular Hbond substituents is 1. The van der Waals surface area contributed by atoms with Gasteiger partial charge < -0.3 is 39.0 Å². The van der Waals surface area contributed by atoms with Gasteiger partial charge in [-0.3, -0.25) is 0 Å². The summed E-state index contributed by atoms with van der Waals surface area (Å²) in [6.07, 6.45) is 0.192. The highest BCUT2D eigenvalue weighted by molar-refractivity contribution is 5.88. The van der Waals surface area contributed by atoms with Gasteiger partial charge in [0.25, 0.3) is 0 Å². The number of phenols is 1. The van der Waals surface area contributed by atoms with Crippen molar-refractivity contribution in [2.24, 2.45) is 0 Å². The molecule has 3 N–H and O–H groups in total. The van der Waals surface area contributed by atoms with E-state index >= 15 is 0 Å². The number of hydrogen-bond acceptors (Lipinski definition) is 8. The minimum absolute atomic E-state index is 0.0422. The van der Waals surface area contributed by atoms with Crippen molar-refractivity contribution in [2.75, 3.05) is 28.1 Å². The van der Waals surface area contributed by atoms with Crippen LogP contribution in [0.3, 0.4) is 0 Å². The van der Waals surface area contributed by atoms with E-state index in [2.05, 4.69) is 0 Å². The molecule has 8 nitrogen and oxygen atoms in total. The number of methoxy groups -OCH3 is 3. The van der Waals surface area contributed by atoms with Gasteiger partial charge in [0.05, 0.1) is 32.5 Å². The van der Waals surface area contributed by atoms with Gasteiger partial charge in [-0.25, -0.2) is 0 Å². The van der Waals surface area contributed by atoms with Crippen molar-refractivity contribution >= 4 is 0 Å². The Morgan fingerprint density at radius 1 is 0.833 bits per heavy atom. The molecule has 0 fully saturated rings. The summed E-state index contributed by atoms with van der Waals surface area (Å²) < 4.78 is 27.8. The van der Waals surface area contributed by atoms with Crippen LogP contribution >= 0.6 is 0 Å². The van der Waals surface area contributed by atoms with Crippen molar-refractivity contribution < 1.29 is 39.0 Å². The van der Waals surface area contributed by atoms with Crippen LogP contribution in [0.4, 0.5) is 0 Å². The van der Waals surface area contributed by atoms with E-state index < -0.39 is 11.2 Å². The van der Waals surface area contributed by atoms with Gasteiger partial charge in [-0.15, -0.1) is 0 Å². The van der Waals surface area contributed by atoms with Gasteiger partial charge in [0, 0.05) is 24.0 Å². The average molecular weight is 418 g/mol.